The number of halogens is 12. The van der Waals surface area contributed by atoms with Gasteiger partial charge < -0.3 is 28.7 Å². The number of nitrogens with zero attached hydrogens (tertiary/aromatic N) is 17. The maximum atomic E-state index is 14.7. The van der Waals surface area contributed by atoms with E-state index in [-0.39, 0.29) is 106 Å². The van der Waals surface area contributed by atoms with Crippen LogP contribution in [0.4, 0.5) is 52.7 Å². The van der Waals surface area contributed by atoms with Crippen LogP contribution >= 0.6 is 0 Å². The number of aromatic nitrogens is 14. The van der Waals surface area contributed by atoms with E-state index in [9.17, 15) is 67.1 Å². The zero-order chi connectivity index (χ0) is 71.2. The van der Waals surface area contributed by atoms with Crippen molar-refractivity contribution in [3.05, 3.63) is 179 Å². The van der Waals surface area contributed by atoms with Gasteiger partial charge in [-0.2, -0.15) is 83.3 Å². The molecule has 6 aliphatic heterocycles. The van der Waals surface area contributed by atoms with E-state index in [0.29, 0.717) is 72.0 Å². The Labute approximate surface area is 565 Å². The summed E-state index contributed by atoms with van der Waals surface area (Å²) >= 11 is 0. The highest BCUT2D eigenvalue weighted by Crippen LogP contribution is 2.48. The fraction of sp³-hybridized carbons (Fsp3) is 0.409. The van der Waals surface area contributed by atoms with E-state index in [0.717, 1.165) is 75.9 Å². The van der Waals surface area contributed by atoms with E-state index in [2.05, 4.69) is 65.2 Å². The lowest BCUT2D eigenvalue weighted by atomic mass is 9.86. The molecular formula is C66H59F12N17O6. The zero-order valence-corrected chi connectivity index (χ0v) is 53.3. The number of hydrogen-bond acceptors (Lipinski definition) is 18. The first kappa shape index (κ1) is 69.0. The summed E-state index contributed by atoms with van der Waals surface area (Å²) in [6.45, 7) is -1.43. The molecule has 6 aliphatic rings. The molecule has 15 rings (SSSR count). The fourth-order valence-electron chi connectivity index (χ4n) is 15.0. The summed E-state index contributed by atoms with van der Waals surface area (Å²) in [4.78, 5) is 75.2. The predicted molar refractivity (Wildman–Crippen MR) is 326 cm³/mol. The Morgan fingerprint density at radius 1 is 0.525 bits per heavy atom. The van der Waals surface area contributed by atoms with Gasteiger partial charge in [0.2, 0.25) is 0 Å². The highest BCUT2D eigenvalue weighted by molar-refractivity contribution is 6.01. The lowest BCUT2D eigenvalue weighted by molar-refractivity contribution is -0.142. The molecule has 0 aliphatic carbocycles. The van der Waals surface area contributed by atoms with Crippen molar-refractivity contribution in [2.75, 3.05) is 7.11 Å². The summed E-state index contributed by atoms with van der Waals surface area (Å²) in [6, 6.07) is 13.1. The maximum absolute atomic E-state index is 14.7. The molecule has 35 heteroatoms. The molecule has 0 spiro atoms. The Balaban J connectivity index is 0.000000136. The molecule has 9 aromatic rings. The molecule has 9 unspecified atom stereocenters. The van der Waals surface area contributed by atoms with Gasteiger partial charge in [-0.15, -0.1) is 0 Å². The van der Waals surface area contributed by atoms with Crippen LogP contribution in [-0.2, 0) is 37.8 Å². The van der Waals surface area contributed by atoms with E-state index in [1.54, 1.807) is 47.3 Å². The standard InChI is InChI=1S/C22H19F5N6O2.C22H19F4N5O2.C22H21F3N6O2/c23-21(24)35-15-2-3-16(18(9-15)33-30-5-6-31-33)20(34)32-14-1-4-17(32)12(8-14)7-13-10-29-19(11-28-13)22(25,26)27;1-11-29-20(33-30-11)19-15(3-2-4-16(19)23)21(32)31-14-5-6-17(31)12(8-14)7-13-9-28-18(10-27-13)22(24,25)26;1-33-16-3-5-19(31-28-6-7-29-31)17(10-16)21(32)30-15-2-4-18(30)13(9-15)8-14-11-27-20(12-26-14)22(23,24)25/h2-3,5-6,9-12,14,17,21H,1,4,7-8H2;2-4,9-10,12,14,17H,5-8H2,1H3;3,5-7,10-13,15,18H,2,4,8-9H2,1H3. The summed E-state index contributed by atoms with van der Waals surface area (Å²) < 4.78 is 170. The molecule has 101 heavy (non-hydrogen) atoms. The molecule has 0 N–H and O–H groups in total. The van der Waals surface area contributed by atoms with Gasteiger partial charge in [0.15, 0.2) is 22.9 Å². The lowest BCUT2D eigenvalue weighted by Crippen LogP contribution is -2.37. The number of benzene rings is 3. The van der Waals surface area contributed by atoms with E-state index < -0.39 is 48.0 Å². The highest BCUT2D eigenvalue weighted by Gasteiger charge is 2.52. The minimum Gasteiger partial charge on any atom is -0.497 e. The summed E-state index contributed by atoms with van der Waals surface area (Å²) in [5.74, 6) is -0.550. The molecule has 23 nitrogen and oxygen atoms in total. The Kier molecular flexibility index (Phi) is 19.1. The van der Waals surface area contributed by atoms with Gasteiger partial charge in [0.05, 0.1) is 95.5 Å². The summed E-state index contributed by atoms with van der Waals surface area (Å²) in [5.41, 5.74) is -0.173. The van der Waals surface area contributed by atoms with Crippen LogP contribution in [0.5, 0.6) is 11.5 Å². The van der Waals surface area contributed by atoms with Crippen molar-refractivity contribution in [2.45, 2.75) is 145 Å². The van der Waals surface area contributed by atoms with Crippen LogP contribution in [0.15, 0.2) is 121 Å². The van der Waals surface area contributed by atoms with E-state index >= 15 is 0 Å². The predicted octanol–water partition coefficient (Wildman–Crippen LogP) is 11.5. The van der Waals surface area contributed by atoms with Gasteiger partial charge in [-0.05, 0) is 144 Å². The van der Waals surface area contributed by atoms with Crippen LogP contribution in [0.2, 0.25) is 0 Å². The molecule has 3 aromatic carbocycles. The van der Waals surface area contributed by atoms with Gasteiger partial charge in [0.1, 0.15) is 23.0 Å². The lowest BCUT2D eigenvalue weighted by Gasteiger charge is -2.25. The van der Waals surface area contributed by atoms with Crippen molar-refractivity contribution in [3.63, 3.8) is 0 Å². The molecule has 3 amide bonds. The maximum Gasteiger partial charge on any atom is 0.434 e. The second-order valence-corrected chi connectivity index (χ2v) is 25.2. The Morgan fingerprint density at radius 3 is 1.37 bits per heavy atom. The number of carbonyl (C=O) groups is 3. The van der Waals surface area contributed by atoms with Gasteiger partial charge >= 0.3 is 25.1 Å². The number of hydrogen-bond donors (Lipinski definition) is 0. The Hall–Kier alpha value is -10.5. The van der Waals surface area contributed by atoms with Crippen molar-refractivity contribution >= 4 is 17.7 Å². The quantitative estimate of drug-likeness (QED) is 0.0864. The van der Waals surface area contributed by atoms with Gasteiger partial charge in [-0.25, -0.2) is 19.3 Å². The second kappa shape index (κ2) is 27.9. The van der Waals surface area contributed by atoms with Gasteiger partial charge in [-0.3, -0.25) is 29.3 Å². The molecule has 6 fully saturated rings. The highest BCUT2D eigenvalue weighted by atomic mass is 19.4. The third-order valence-corrected chi connectivity index (χ3v) is 19.2. The summed E-state index contributed by atoms with van der Waals surface area (Å²) in [6.07, 6.45) is 6.24. The largest absolute Gasteiger partial charge is 0.497 e. The minimum absolute atomic E-state index is 0.0106. The fourth-order valence-corrected chi connectivity index (χ4v) is 15.0. The Bertz CT molecular complexity index is 4430. The Morgan fingerprint density at radius 2 is 0.960 bits per heavy atom. The normalized spacial score (nSPS) is 22.0. The van der Waals surface area contributed by atoms with E-state index in [4.69, 9.17) is 9.26 Å². The molecule has 0 radical (unpaired) electrons. The monoisotopic (exact) mass is 1410 g/mol. The molecule has 6 aromatic heterocycles. The summed E-state index contributed by atoms with van der Waals surface area (Å²) in [5, 5.41) is 20.1. The number of rotatable bonds is 15. The van der Waals surface area contributed by atoms with Crippen molar-refractivity contribution in [2.24, 2.45) is 17.8 Å². The van der Waals surface area contributed by atoms with Crippen molar-refractivity contribution < 1.29 is 81.1 Å². The second-order valence-electron chi connectivity index (χ2n) is 25.2. The van der Waals surface area contributed by atoms with Crippen molar-refractivity contribution in [3.8, 4) is 34.3 Å². The molecule has 6 bridgehead atoms. The number of amides is 3. The average molecular weight is 1410 g/mol. The molecule has 9 atom stereocenters. The SMILES string of the molecule is COc1ccc(-n2nccn2)c(C(=O)N2C3CCC2C(Cc2cnc(C(F)(F)F)cn2)C3)c1.Cc1noc(-c2c(F)cccc2C(=O)N2C3CCC2C(Cc2cnc(C(F)(F)F)cn2)C3)n1.O=C(c1ccc(OC(F)F)cc1-n1nccn1)N1C2CCC1C(Cc1cnc(C(F)(F)F)cn1)C2. The zero-order valence-electron chi connectivity index (χ0n) is 53.3. The van der Waals surface area contributed by atoms with Crippen molar-refractivity contribution in [1.82, 2.24) is 84.7 Å². The van der Waals surface area contributed by atoms with Gasteiger partial charge in [-0.1, -0.05) is 11.2 Å². The molecule has 6 saturated heterocycles. The third kappa shape index (κ3) is 14.5. The van der Waals surface area contributed by atoms with E-state index in [1.807, 2.05) is 4.90 Å². The van der Waals surface area contributed by atoms with Crippen LogP contribution in [0.3, 0.4) is 0 Å². The topological polar surface area (TPSA) is 257 Å². The van der Waals surface area contributed by atoms with Gasteiger partial charge in [0.25, 0.3) is 23.6 Å². The van der Waals surface area contributed by atoms with Gasteiger partial charge in [0, 0.05) is 60.9 Å². The number of carbonyl (C=O) groups excluding carboxylic acids is 3. The smallest absolute Gasteiger partial charge is 0.434 e. The van der Waals surface area contributed by atoms with Crippen LogP contribution in [0, 0.1) is 30.5 Å². The molecular weight excluding hydrogens is 1350 g/mol. The first-order chi connectivity index (χ1) is 48.3. The molecule has 12 heterocycles. The average Bonchev–Trinajstić information content (AvgIpc) is 1.56. The number of fused-ring (bicyclic) bond motifs is 6. The van der Waals surface area contributed by atoms with Crippen molar-refractivity contribution in [1.29, 1.82) is 0 Å². The molecule has 0 saturated carbocycles. The summed E-state index contributed by atoms with van der Waals surface area (Å²) in [7, 11) is 1.54. The first-order valence-electron chi connectivity index (χ1n) is 32.0. The molecule has 528 valence electrons. The van der Waals surface area contributed by atoms with Crippen LogP contribution < -0.4 is 9.47 Å². The number of aryl methyl sites for hydroxylation is 1. The van der Waals surface area contributed by atoms with Crippen LogP contribution in [0.25, 0.3) is 22.8 Å². The number of methoxy groups -OCH3 is 1. The van der Waals surface area contributed by atoms with Crippen LogP contribution in [0.1, 0.15) is 129 Å². The third-order valence-electron chi connectivity index (χ3n) is 19.2. The minimum atomic E-state index is -4.56. The number of ether oxygens (including phenoxy) is 2. The first-order valence-corrected chi connectivity index (χ1v) is 32.0. The van der Waals surface area contributed by atoms with E-state index in [1.165, 1.54) is 71.7 Å². The number of alkyl halides is 11. The van der Waals surface area contributed by atoms with Crippen LogP contribution in [-0.4, -0.2) is 152 Å².